The fourth-order valence-corrected chi connectivity index (χ4v) is 7.25. The SMILES string of the molecule is CCCC/C=C\CCCCCCCC(=O)OCC(COC(=O)CCCCCCCCCCCCCCCC)OC(=O)CCCCCCCCCCCCCCC. The molecule has 1 atom stereocenters. The minimum atomic E-state index is -0.765. The van der Waals surface area contributed by atoms with Gasteiger partial charge in [0.2, 0.25) is 0 Å². The van der Waals surface area contributed by atoms with Gasteiger partial charge >= 0.3 is 17.9 Å². The lowest BCUT2D eigenvalue weighted by molar-refractivity contribution is -0.167. The zero-order chi connectivity index (χ0) is 40.8. The molecule has 6 nitrogen and oxygen atoms in total. The highest BCUT2D eigenvalue weighted by Crippen LogP contribution is 2.16. The summed E-state index contributed by atoms with van der Waals surface area (Å²) in [6.07, 6.45) is 49.0. The number of ether oxygens (including phenoxy) is 3. The Bertz CT molecular complexity index is 870. The van der Waals surface area contributed by atoms with Gasteiger partial charge in [0.15, 0.2) is 6.10 Å². The molecular formula is C50H94O6. The summed E-state index contributed by atoms with van der Waals surface area (Å²) in [7, 11) is 0. The van der Waals surface area contributed by atoms with Crippen LogP contribution in [0.2, 0.25) is 0 Å². The van der Waals surface area contributed by atoms with Gasteiger partial charge < -0.3 is 14.2 Å². The summed E-state index contributed by atoms with van der Waals surface area (Å²) in [5, 5.41) is 0. The third kappa shape index (κ3) is 43.3. The number of carbonyl (C=O) groups is 3. The average molecular weight is 791 g/mol. The van der Waals surface area contributed by atoms with E-state index in [1.54, 1.807) is 0 Å². The Morgan fingerprint density at radius 1 is 0.339 bits per heavy atom. The van der Waals surface area contributed by atoms with Crippen molar-refractivity contribution in [3.8, 4) is 0 Å². The van der Waals surface area contributed by atoms with E-state index >= 15 is 0 Å². The molecule has 1 unspecified atom stereocenters. The first-order chi connectivity index (χ1) is 27.5. The molecule has 6 heteroatoms. The fourth-order valence-electron chi connectivity index (χ4n) is 7.25. The molecule has 0 bridgehead atoms. The Morgan fingerprint density at radius 2 is 0.607 bits per heavy atom. The summed E-state index contributed by atoms with van der Waals surface area (Å²) in [6, 6.07) is 0. The number of unbranched alkanes of at least 4 members (excludes halogenated alkanes) is 32. The Morgan fingerprint density at radius 3 is 0.946 bits per heavy atom. The average Bonchev–Trinajstić information content (AvgIpc) is 3.19. The van der Waals surface area contributed by atoms with Crippen LogP contribution in [0, 0.1) is 0 Å². The molecule has 0 heterocycles. The van der Waals surface area contributed by atoms with Crippen LogP contribution in [0.3, 0.4) is 0 Å². The third-order valence-corrected chi connectivity index (χ3v) is 11.0. The van der Waals surface area contributed by atoms with E-state index in [9.17, 15) is 14.4 Å². The summed E-state index contributed by atoms with van der Waals surface area (Å²) >= 11 is 0. The maximum absolute atomic E-state index is 12.7. The number of hydrogen-bond acceptors (Lipinski definition) is 6. The van der Waals surface area contributed by atoms with Crippen LogP contribution < -0.4 is 0 Å². The van der Waals surface area contributed by atoms with E-state index in [1.807, 2.05) is 0 Å². The Labute approximate surface area is 348 Å². The number of allylic oxidation sites excluding steroid dienone is 2. The van der Waals surface area contributed by atoms with E-state index in [2.05, 4.69) is 32.9 Å². The second kappa shape index (κ2) is 45.8. The summed E-state index contributed by atoms with van der Waals surface area (Å²) < 4.78 is 16.8. The summed E-state index contributed by atoms with van der Waals surface area (Å²) in [5.41, 5.74) is 0. The van der Waals surface area contributed by atoms with Crippen molar-refractivity contribution in [1.29, 1.82) is 0 Å². The van der Waals surface area contributed by atoms with Gasteiger partial charge in [0.05, 0.1) is 0 Å². The molecule has 0 aromatic rings. The Hall–Kier alpha value is -1.85. The lowest BCUT2D eigenvalue weighted by Gasteiger charge is -2.18. The zero-order valence-corrected chi connectivity index (χ0v) is 37.7. The fraction of sp³-hybridized carbons (Fsp3) is 0.900. The molecule has 0 saturated heterocycles. The smallest absolute Gasteiger partial charge is 0.306 e. The van der Waals surface area contributed by atoms with Gasteiger partial charge in [0, 0.05) is 19.3 Å². The topological polar surface area (TPSA) is 78.9 Å². The summed E-state index contributed by atoms with van der Waals surface area (Å²) in [6.45, 7) is 6.62. The molecule has 0 N–H and O–H groups in total. The van der Waals surface area contributed by atoms with Gasteiger partial charge in [0.1, 0.15) is 13.2 Å². The highest BCUT2D eigenvalue weighted by molar-refractivity contribution is 5.71. The predicted molar refractivity (Wildman–Crippen MR) is 238 cm³/mol. The lowest BCUT2D eigenvalue weighted by atomic mass is 10.0. The monoisotopic (exact) mass is 791 g/mol. The van der Waals surface area contributed by atoms with Gasteiger partial charge in [-0.2, -0.15) is 0 Å². The molecule has 0 amide bonds. The summed E-state index contributed by atoms with van der Waals surface area (Å²) in [4.78, 5) is 37.8. The molecule has 56 heavy (non-hydrogen) atoms. The zero-order valence-electron chi connectivity index (χ0n) is 37.7. The van der Waals surface area contributed by atoms with E-state index in [1.165, 1.54) is 167 Å². The van der Waals surface area contributed by atoms with Crippen LogP contribution in [0.4, 0.5) is 0 Å². The molecule has 0 spiro atoms. The van der Waals surface area contributed by atoms with Crippen molar-refractivity contribution >= 4 is 17.9 Å². The standard InChI is InChI=1S/C50H94O6/c1-4-7-10-13-16-19-22-24-26-28-31-34-37-40-43-49(52)55-46-47(45-54-48(51)42-39-36-33-30-27-21-18-15-12-9-6-3)56-50(53)44-41-38-35-32-29-25-23-20-17-14-11-8-5-2/h15,18,47H,4-14,16-17,19-46H2,1-3H3/b18-15-. The minimum Gasteiger partial charge on any atom is -0.462 e. The van der Waals surface area contributed by atoms with Crippen LogP contribution in [0.25, 0.3) is 0 Å². The van der Waals surface area contributed by atoms with Crippen LogP contribution in [0.15, 0.2) is 12.2 Å². The first kappa shape index (κ1) is 54.2. The van der Waals surface area contributed by atoms with Gasteiger partial charge in [-0.15, -0.1) is 0 Å². The van der Waals surface area contributed by atoms with Crippen molar-refractivity contribution in [2.24, 2.45) is 0 Å². The van der Waals surface area contributed by atoms with Crippen molar-refractivity contribution in [2.45, 2.75) is 277 Å². The second-order valence-corrected chi connectivity index (χ2v) is 16.7. The van der Waals surface area contributed by atoms with Gasteiger partial charge in [-0.25, -0.2) is 0 Å². The predicted octanol–water partition coefficient (Wildman–Crippen LogP) is 15.8. The van der Waals surface area contributed by atoms with Crippen LogP contribution in [-0.2, 0) is 28.6 Å². The van der Waals surface area contributed by atoms with Gasteiger partial charge in [-0.05, 0) is 38.5 Å². The first-order valence-corrected chi connectivity index (χ1v) is 24.7. The lowest BCUT2D eigenvalue weighted by Crippen LogP contribution is -2.30. The van der Waals surface area contributed by atoms with Crippen molar-refractivity contribution in [1.82, 2.24) is 0 Å². The molecule has 0 aromatic carbocycles. The van der Waals surface area contributed by atoms with Crippen molar-refractivity contribution < 1.29 is 28.6 Å². The quantitative estimate of drug-likeness (QED) is 0.0264. The molecule has 0 aliphatic heterocycles. The Balaban J connectivity index is 4.33. The van der Waals surface area contributed by atoms with Crippen molar-refractivity contribution in [3.63, 3.8) is 0 Å². The van der Waals surface area contributed by atoms with Crippen molar-refractivity contribution in [3.05, 3.63) is 12.2 Å². The molecule has 330 valence electrons. The van der Waals surface area contributed by atoms with E-state index in [0.717, 1.165) is 64.2 Å². The number of esters is 3. The highest BCUT2D eigenvalue weighted by Gasteiger charge is 2.19. The number of hydrogen-bond donors (Lipinski definition) is 0. The minimum absolute atomic E-state index is 0.0675. The molecule has 0 aromatic heterocycles. The first-order valence-electron chi connectivity index (χ1n) is 24.7. The number of rotatable bonds is 45. The normalized spacial score (nSPS) is 12.0. The van der Waals surface area contributed by atoms with Gasteiger partial charge in [-0.3, -0.25) is 14.4 Å². The molecule has 0 saturated carbocycles. The molecule has 0 aliphatic carbocycles. The van der Waals surface area contributed by atoms with Gasteiger partial charge in [-0.1, -0.05) is 226 Å². The van der Waals surface area contributed by atoms with Crippen LogP contribution in [0.5, 0.6) is 0 Å². The molecular weight excluding hydrogens is 697 g/mol. The maximum Gasteiger partial charge on any atom is 0.306 e. The Kier molecular flexibility index (Phi) is 44.3. The molecule has 0 fully saturated rings. The molecule has 0 rings (SSSR count). The van der Waals surface area contributed by atoms with E-state index in [0.29, 0.717) is 19.3 Å². The van der Waals surface area contributed by atoms with Crippen LogP contribution in [-0.4, -0.2) is 37.2 Å². The largest absolute Gasteiger partial charge is 0.462 e. The van der Waals surface area contributed by atoms with E-state index < -0.39 is 6.10 Å². The van der Waals surface area contributed by atoms with Crippen LogP contribution >= 0.6 is 0 Å². The third-order valence-electron chi connectivity index (χ3n) is 11.0. The number of carbonyl (C=O) groups excluding carboxylic acids is 3. The van der Waals surface area contributed by atoms with E-state index in [4.69, 9.17) is 14.2 Å². The van der Waals surface area contributed by atoms with E-state index in [-0.39, 0.29) is 31.1 Å². The van der Waals surface area contributed by atoms with Gasteiger partial charge in [0.25, 0.3) is 0 Å². The second-order valence-electron chi connectivity index (χ2n) is 16.7. The summed E-state index contributed by atoms with van der Waals surface area (Å²) in [5.74, 6) is -0.864. The van der Waals surface area contributed by atoms with Crippen LogP contribution in [0.1, 0.15) is 271 Å². The maximum atomic E-state index is 12.7. The molecule has 0 radical (unpaired) electrons. The highest BCUT2D eigenvalue weighted by atomic mass is 16.6. The molecule has 0 aliphatic rings. The van der Waals surface area contributed by atoms with Crippen molar-refractivity contribution in [2.75, 3.05) is 13.2 Å².